The summed E-state index contributed by atoms with van der Waals surface area (Å²) in [5, 5.41) is 30.1. The summed E-state index contributed by atoms with van der Waals surface area (Å²) in [5.74, 6) is 0.789. The van der Waals surface area contributed by atoms with Gasteiger partial charge in [0.05, 0.1) is 12.2 Å². The van der Waals surface area contributed by atoms with Crippen LogP contribution < -0.4 is 4.74 Å². The number of benzene rings is 1. The zero-order valence-electron chi connectivity index (χ0n) is 16.6. The van der Waals surface area contributed by atoms with Crippen LogP contribution in [0, 0.1) is 23.2 Å². The van der Waals surface area contributed by atoms with Crippen LogP contribution in [0.4, 0.5) is 0 Å². The Kier molecular flexibility index (Phi) is 5.41. The second-order valence-corrected chi connectivity index (χ2v) is 9.09. The van der Waals surface area contributed by atoms with E-state index in [0.717, 1.165) is 56.9 Å². The second-order valence-electron chi connectivity index (χ2n) is 9.09. The summed E-state index contributed by atoms with van der Waals surface area (Å²) in [6, 6.07) is 5.90. The molecule has 0 amide bonds. The number of aliphatic carboxylic acids is 1. The zero-order valence-corrected chi connectivity index (χ0v) is 16.6. The first-order chi connectivity index (χ1) is 13.5. The van der Waals surface area contributed by atoms with Gasteiger partial charge < -0.3 is 20.1 Å². The van der Waals surface area contributed by atoms with Crippen LogP contribution in [0.1, 0.15) is 56.6 Å². The van der Waals surface area contributed by atoms with Crippen molar-refractivity contribution in [3.05, 3.63) is 29.3 Å². The van der Waals surface area contributed by atoms with Crippen molar-refractivity contribution < 1.29 is 24.9 Å². The van der Waals surface area contributed by atoms with Gasteiger partial charge in [-0.25, -0.2) is 4.79 Å². The Balaban J connectivity index is 1.50. The minimum absolute atomic E-state index is 0.115. The fraction of sp³-hybridized carbons (Fsp3) is 0.696. The van der Waals surface area contributed by atoms with Gasteiger partial charge in [-0.05, 0) is 72.5 Å². The monoisotopic (exact) mass is 388 g/mol. The first-order valence-corrected chi connectivity index (χ1v) is 10.8. The van der Waals surface area contributed by atoms with Gasteiger partial charge in [-0.2, -0.15) is 0 Å². The SMILES string of the molecule is CCCCC[C@H](O)CC1[C@H]2[C@H](O)C[C@@H]3Cc4c(cccc4OCC(=O)O)C[C@@]132. The number of unbranched alkanes of at least 4 members (excludes halogenated alkanes) is 2. The first kappa shape index (κ1) is 19.7. The molecule has 0 radical (unpaired) electrons. The van der Waals surface area contributed by atoms with E-state index >= 15 is 0 Å². The van der Waals surface area contributed by atoms with Gasteiger partial charge in [-0.1, -0.05) is 38.3 Å². The summed E-state index contributed by atoms with van der Waals surface area (Å²) in [4.78, 5) is 10.9. The first-order valence-electron chi connectivity index (χ1n) is 10.8. The molecule has 1 aromatic rings. The van der Waals surface area contributed by atoms with Crippen molar-refractivity contribution in [2.75, 3.05) is 6.61 Å². The Hall–Kier alpha value is -1.59. The second kappa shape index (κ2) is 7.68. The van der Waals surface area contributed by atoms with Crippen LogP contribution in [0.25, 0.3) is 0 Å². The van der Waals surface area contributed by atoms with Crippen molar-refractivity contribution in [3.8, 4) is 5.75 Å². The summed E-state index contributed by atoms with van der Waals surface area (Å²) in [5.41, 5.74) is 2.45. The summed E-state index contributed by atoms with van der Waals surface area (Å²) in [6.45, 7) is 1.84. The highest BCUT2D eigenvalue weighted by Gasteiger charge is 2.74. The summed E-state index contributed by atoms with van der Waals surface area (Å²) >= 11 is 0. The molecule has 0 aromatic heterocycles. The Bertz CT molecular complexity index is 732. The molecule has 1 spiro atoms. The molecule has 3 aliphatic carbocycles. The molecule has 0 heterocycles. The molecular weight excluding hydrogens is 356 g/mol. The molecule has 154 valence electrons. The molecule has 1 aromatic carbocycles. The van der Waals surface area contributed by atoms with Crippen molar-refractivity contribution in [2.24, 2.45) is 23.2 Å². The van der Waals surface area contributed by atoms with Crippen LogP contribution in [-0.4, -0.2) is 40.1 Å². The van der Waals surface area contributed by atoms with Crippen LogP contribution in [-0.2, 0) is 17.6 Å². The van der Waals surface area contributed by atoms with E-state index in [4.69, 9.17) is 9.84 Å². The highest BCUT2D eigenvalue weighted by atomic mass is 16.5. The Labute approximate surface area is 166 Å². The molecule has 2 fully saturated rings. The highest BCUT2D eigenvalue weighted by molar-refractivity contribution is 5.68. The van der Waals surface area contributed by atoms with Crippen LogP contribution in [0.2, 0.25) is 0 Å². The molecule has 5 heteroatoms. The van der Waals surface area contributed by atoms with E-state index in [2.05, 4.69) is 13.0 Å². The summed E-state index contributed by atoms with van der Waals surface area (Å²) in [7, 11) is 0. The standard InChI is InChI=1S/C23H32O5/c1-2-3-4-7-16(24)11-18-22-19(25)10-15-9-17-14(12-23(15,18)22)6-5-8-20(17)28-13-21(26)27/h5-6,8,15-16,18-19,22,24-25H,2-4,7,9-13H2,1H3,(H,26,27)/t15-,16-,18?,19+,22-,23-/m0/s1. The number of carboxylic acids is 1. The lowest BCUT2D eigenvalue weighted by atomic mass is 9.71. The third-order valence-electron chi connectivity index (χ3n) is 7.53. The van der Waals surface area contributed by atoms with E-state index in [1.54, 1.807) is 0 Å². The molecule has 0 bridgehead atoms. The number of carboxylic acid groups (broad SMARTS) is 1. The van der Waals surface area contributed by atoms with Gasteiger partial charge in [0.2, 0.25) is 0 Å². The van der Waals surface area contributed by atoms with Crippen molar-refractivity contribution >= 4 is 5.97 Å². The average Bonchev–Trinajstić information content (AvgIpc) is 3.15. The maximum Gasteiger partial charge on any atom is 0.341 e. The number of carbonyl (C=O) groups is 1. The fourth-order valence-electron chi connectivity index (χ4n) is 6.37. The molecule has 0 saturated heterocycles. The molecule has 3 N–H and O–H groups in total. The predicted molar refractivity (Wildman–Crippen MR) is 105 cm³/mol. The molecule has 3 aliphatic rings. The van der Waals surface area contributed by atoms with E-state index in [1.807, 2.05) is 12.1 Å². The highest BCUT2D eigenvalue weighted by Crippen LogP contribution is 2.75. The van der Waals surface area contributed by atoms with Crippen molar-refractivity contribution in [1.82, 2.24) is 0 Å². The van der Waals surface area contributed by atoms with E-state index < -0.39 is 5.97 Å². The zero-order chi connectivity index (χ0) is 19.9. The van der Waals surface area contributed by atoms with Gasteiger partial charge >= 0.3 is 5.97 Å². The van der Waals surface area contributed by atoms with Gasteiger partial charge in [-0.15, -0.1) is 0 Å². The smallest absolute Gasteiger partial charge is 0.341 e. The van der Waals surface area contributed by atoms with E-state index in [9.17, 15) is 15.0 Å². The van der Waals surface area contributed by atoms with E-state index in [0.29, 0.717) is 23.5 Å². The van der Waals surface area contributed by atoms with Gasteiger partial charge in [0, 0.05) is 0 Å². The average molecular weight is 389 g/mol. The number of rotatable bonds is 9. The number of hydrogen-bond acceptors (Lipinski definition) is 4. The van der Waals surface area contributed by atoms with Crippen LogP contribution in [0.15, 0.2) is 18.2 Å². The van der Waals surface area contributed by atoms with Gasteiger partial charge in [0.15, 0.2) is 6.61 Å². The van der Waals surface area contributed by atoms with E-state index in [1.165, 1.54) is 5.56 Å². The lowest BCUT2D eigenvalue weighted by Gasteiger charge is -2.34. The van der Waals surface area contributed by atoms with Crippen LogP contribution in [0.3, 0.4) is 0 Å². The molecule has 5 nitrogen and oxygen atoms in total. The number of ether oxygens (including phenoxy) is 1. The van der Waals surface area contributed by atoms with Gasteiger partial charge in [-0.3, -0.25) is 0 Å². The third kappa shape index (κ3) is 3.33. The molecule has 4 rings (SSSR count). The Morgan fingerprint density at radius 1 is 1.36 bits per heavy atom. The van der Waals surface area contributed by atoms with Gasteiger partial charge in [0.25, 0.3) is 0 Å². The molecular formula is C23H32O5. The summed E-state index contributed by atoms with van der Waals surface area (Å²) < 4.78 is 5.53. The predicted octanol–water partition coefficient (Wildman–Crippen LogP) is 3.19. The molecule has 6 atom stereocenters. The van der Waals surface area contributed by atoms with E-state index in [-0.39, 0.29) is 24.2 Å². The number of aliphatic hydroxyl groups excluding tert-OH is 2. The lowest BCUT2D eigenvalue weighted by molar-refractivity contribution is -0.139. The topological polar surface area (TPSA) is 87.0 Å². The lowest BCUT2D eigenvalue weighted by Crippen LogP contribution is -2.29. The fourth-order valence-corrected chi connectivity index (χ4v) is 6.37. The normalized spacial score (nSPS) is 33.5. The number of fused-ring (bicyclic) bond motifs is 1. The number of aliphatic hydroxyl groups is 2. The van der Waals surface area contributed by atoms with Crippen LogP contribution >= 0.6 is 0 Å². The minimum atomic E-state index is -0.972. The molecule has 28 heavy (non-hydrogen) atoms. The maximum absolute atomic E-state index is 10.9. The molecule has 1 unspecified atom stereocenters. The van der Waals surface area contributed by atoms with Gasteiger partial charge in [0.1, 0.15) is 5.75 Å². The minimum Gasteiger partial charge on any atom is -0.482 e. The maximum atomic E-state index is 10.9. The van der Waals surface area contributed by atoms with Crippen molar-refractivity contribution in [1.29, 1.82) is 0 Å². The molecule has 0 aliphatic heterocycles. The third-order valence-corrected chi connectivity index (χ3v) is 7.53. The summed E-state index contributed by atoms with van der Waals surface area (Å²) in [6.07, 6.45) is 7.05. The Morgan fingerprint density at radius 3 is 2.93 bits per heavy atom. The van der Waals surface area contributed by atoms with Crippen molar-refractivity contribution in [3.63, 3.8) is 0 Å². The van der Waals surface area contributed by atoms with Crippen LogP contribution in [0.5, 0.6) is 5.75 Å². The largest absolute Gasteiger partial charge is 0.482 e. The van der Waals surface area contributed by atoms with Crippen molar-refractivity contribution in [2.45, 2.75) is 70.5 Å². The number of hydrogen-bond donors (Lipinski definition) is 3. The Morgan fingerprint density at radius 2 is 2.18 bits per heavy atom. The molecule has 2 saturated carbocycles. The quantitative estimate of drug-likeness (QED) is 0.566.